The first-order chi connectivity index (χ1) is 13.3. The number of rotatable bonds is 6. The van der Waals surface area contributed by atoms with Gasteiger partial charge in [0.05, 0.1) is 18.7 Å². The van der Waals surface area contributed by atoms with Crippen LogP contribution in [0.4, 0.5) is 5.69 Å². The molecule has 0 aliphatic carbocycles. The largest absolute Gasteiger partial charge is 0.494 e. The number of methoxy groups -OCH3 is 1. The number of amides is 1. The van der Waals surface area contributed by atoms with Crippen molar-refractivity contribution in [1.29, 1.82) is 0 Å². The Bertz CT molecular complexity index is 861. The van der Waals surface area contributed by atoms with E-state index in [4.69, 9.17) is 16.3 Å². The molecule has 150 valence electrons. The summed E-state index contributed by atoms with van der Waals surface area (Å²) in [6.07, 6.45) is 1.54. The molecule has 1 saturated heterocycles. The molecule has 3 rings (SSSR count). The van der Waals surface area contributed by atoms with E-state index in [1.165, 1.54) is 5.56 Å². The van der Waals surface area contributed by atoms with Gasteiger partial charge in [-0.3, -0.25) is 9.69 Å². The fraction of sp³-hybridized carbons (Fsp3) is 0.455. The zero-order chi connectivity index (χ0) is 20.5. The second kappa shape index (κ2) is 8.10. The van der Waals surface area contributed by atoms with Crippen molar-refractivity contribution in [2.75, 3.05) is 25.5 Å². The van der Waals surface area contributed by atoms with Crippen molar-refractivity contribution < 1.29 is 9.53 Å². The van der Waals surface area contributed by atoms with Crippen molar-refractivity contribution in [3.05, 3.63) is 52.8 Å². The van der Waals surface area contributed by atoms with Gasteiger partial charge in [-0.1, -0.05) is 49.7 Å². The minimum Gasteiger partial charge on any atom is -0.494 e. The lowest BCUT2D eigenvalue weighted by molar-refractivity contribution is -0.129. The number of hydrogen-bond acceptors (Lipinski definition) is 4. The van der Waals surface area contributed by atoms with Crippen LogP contribution in [-0.2, 0) is 10.2 Å². The third-order valence-corrected chi connectivity index (χ3v) is 5.72. The third kappa shape index (κ3) is 3.74. The molecule has 0 saturated carbocycles. The van der Waals surface area contributed by atoms with E-state index in [1.807, 2.05) is 12.1 Å². The van der Waals surface area contributed by atoms with Crippen molar-refractivity contribution in [2.24, 2.45) is 0 Å². The van der Waals surface area contributed by atoms with Crippen LogP contribution in [-0.4, -0.2) is 42.0 Å². The van der Waals surface area contributed by atoms with E-state index in [1.54, 1.807) is 19.4 Å². The number of likely N-dealkylation sites (tertiary alicyclic amines) is 1. The molecule has 1 amide bonds. The molecule has 0 bridgehead atoms. The molecule has 1 aliphatic heterocycles. The summed E-state index contributed by atoms with van der Waals surface area (Å²) in [5.74, 6) is 0.793. The summed E-state index contributed by atoms with van der Waals surface area (Å²) in [7, 11) is 1.55. The maximum Gasteiger partial charge on any atom is 0.237 e. The molecule has 6 heteroatoms. The Labute approximate surface area is 172 Å². The van der Waals surface area contributed by atoms with Gasteiger partial charge < -0.3 is 10.1 Å². The molecule has 2 aromatic rings. The Morgan fingerprint density at radius 1 is 1.25 bits per heavy atom. The minimum absolute atomic E-state index is 0.0417. The zero-order valence-electron chi connectivity index (χ0n) is 17.1. The highest BCUT2D eigenvalue weighted by molar-refractivity contribution is 6.29. The van der Waals surface area contributed by atoms with E-state index in [-0.39, 0.29) is 5.91 Å². The van der Waals surface area contributed by atoms with Crippen LogP contribution in [0.2, 0.25) is 5.15 Å². The average molecular weight is 402 g/mol. The van der Waals surface area contributed by atoms with Gasteiger partial charge in [0, 0.05) is 25.2 Å². The summed E-state index contributed by atoms with van der Waals surface area (Å²) in [5, 5.41) is 3.37. The van der Waals surface area contributed by atoms with Gasteiger partial charge in [0.2, 0.25) is 5.91 Å². The molecular formula is C22H28ClN3O2. The Morgan fingerprint density at radius 3 is 2.54 bits per heavy atom. The fourth-order valence-corrected chi connectivity index (χ4v) is 3.95. The Hall–Kier alpha value is -2.11. The van der Waals surface area contributed by atoms with Crippen LogP contribution in [0.3, 0.4) is 0 Å². The van der Waals surface area contributed by atoms with Crippen LogP contribution in [0.25, 0.3) is 0 Å². The van der Waals surface area contributed by atoms with Gasteiger partial charge in [0.25, 0.3) is 0 Å². The van der Waals surface area contributed by atoms with Crippen molar-refractivity contribution >= 4 is 23.2 Å². The maximum atomic E-state index is 13.6. The first-order valence-corrected chi connectivity index (χ1v) is 10.0. The van der Waals surface area contributed by atoms with Crippen LogP contribution in [0.15, 0.2) is 36.5 Å². The first-order valence-electron chi connectivity index (χ1n) is 9.63. The fourth-order valence-electron chi connectivity index (χ4n) is 3.80. The topological polar surface area (TPSA) is 54.5 Å². The van der Waals surface area contributed by atoms with Crippen LogP contribution < -0.4 is 10.1 Å². The number of nitrogens with one attached hydrogen (secondary N) is 1. The molecule has 2 heterocycles. The minimum atomic E-state index is -0.601. The molecule has 28 heavy (non-hydrogen) atoms. The summed E-state index contributed by atoms with van der Waals surface area (Å²) >= 11 is 5.96. The van der Waals surface area contributed by atoms with Crippen molar-refractivity contribution in [3.63, 3.8) is 0 Å². The van der Waals surface area contributed by atoms with E-state index >= 15 is 0 Å². The van der Waals surface area contributed by atoms with Gasteiger partial charge in [0.1, 0.15) is 16.6 Å². The predicted octanol–water partition coefficient (Wildman–Crippen LogP) is 4.47. The zero-order valence-corrected chi connectivity index (χ0v) is 17.9. The van der Waals surface area contributed by atoms with Gasteiger partial charge >= 0.3 is 0 Å². The van der Waals surface area contributed by atoms with Gasteiger partial charge in [-0.2, -0.15) is 0 Å². The molecule has 0 atom stereocenters. The van der Waals surface area contributed by atoms with Crippen LogP contribution in [0, 0.1) is 0 Å². The predicted molar refractivity (Wildman–Crippen MR) is 113 cm³/mol. The number of aromatic nitrogens is 1. The quantitative estimate of drug-likeness (QED) is 0.725. The van der Waals surface area contributed by atoms with E-state index in [0.29, 0.717) is 41.6 Å². The smallest absolute Gasteiger partial charge is 0.237 e. The monoisotopic (exact) mass is 401 g/mol. The van der Waals surface area contributed by atoms with Crippen LogP contribution >= 0.6 is 11.6 Å². The molecule has 5 nitrogen and oxygen atoms in total. The lowest BCUT2D eigenvalue weighted by atomic mass is 9.69. The molecule has 0 unspecified atom stereocenters. The van der Waals surface area contributed by atoms with Crippen LogP contribution in [0.5, 0.6) is 5.75 Å². The summed E-state index contributed by atoms with van der Waals surface area (Å²) in [5.41, 5.74) is 2.24. The summed E-state index contributed by atoms with van der Waals surface area (Å²) in [6, 6.07) is 10.3. The number of halogens is 1. The summed E-state index contributed by atoms with van der Waals surface area (Å²) < 4.78 is 5.37. The number of carbonyl (C=O) groups is 1. The van der Waals surface area contributed by atoms with E-state index in [2.05, 4.69) is 55.0 Å². The van der Waals surface area contributed by atoms with Crippen molar-refractivity contribution in [3.8, 4) is 5.75 Å². The molecular weight excluding hydrogens is 374 g/mol. The molecule has 1 aromatic carbocycles. The SMILES string of the molecule is COc1cc(Cl)ncc1NC(=O)C1(c2ccccc2C(C)C)CN(C(C)C)C1. The number of anilines is 1. The van der Waals surface area contributed by atoms with Gasteiger partial charge in [0.15, 0.2) is 0 Å². The lowest BCUT2D eigenvalue weighted by Gasteiger charge is -2.52. The van der Waals surface area contributed by atoms with Crippen molar-refractivity contribution in [2.45, 2.75) is 45.1 Å². The Kier molecular flexibility index (Phi) is 5.96. The first kappa shape index (κ1) is 20.6. The van der Waals surface area contributed by atoms with Gasteiger partial charge in [-0.05, 0) is 30.9 Å². The second-order valence-electron chi connectivity index (χ2n) is 7.98. The molecule has 0 radical (unpaired) electrons. The third-order valence-electron chi connectivity index (χ3n) is 5.51. The molecule has 0 spiro atoms. The highest BCUT2D eigenvalue weighted by atomic mass is 35.5. The van der Waals surface area contributed by atoms with Crippen LogP contribution in [0.1, 0.15) is 44.7 Å². The maximum absolute atomic E-state index is 13.6. The van der Waals surface area contributed by atoms with Crippen molar-refractivity contribution in [1.82, 2.24) is 9.88 Å². The molecule has 1 fully saturated rings. The Balaban J connectivity index is 1.99. The summed E-state index contributed by atoms with van der Waals surface area (Å²) in [4.78, 5) is 20.0. The Morgan fingerprint density at radius 2 is 1.93 bits per heavy atom. The number of pyridine rings is 1. The summed E-state index contributed by atoms with van der Waals surface area (Å²) in [6.45, 7) is 10.0. The number of ether oxygens (including phenoxy) is 1. The van der Waals surface area contributed by atoms with E-state index in [9.17, 15) is 4.79 Å². The number of carbonyl (C=O) groups excluding carboxylic acids is 1. The van der Waals surface area contributed by atoms with E-state index < -0.39 is 5.41 Å². The molecule has 1 aliphatic rings. The van der Waals surface area contributed by atoms with E-state index in [0.717, 1.165) is 5.56 Å². The van der Waals surface area contributed by atoms with Gasteiger partial charge in [-0.25, -0.2) is 4.98 Å². The number of benzene rings is 1. The normalized spacial score (nSPS) is 16.1. The second-order valence-corrected chi connectivity index (χ2v) is 8.37. The average Bonchev–Trinajstić information content (AvgIpc) is 2.62. The lowest BCUT2D eigenvalue weighted by Crippen LogP contribution is -2.66. The standard InChI is InChI=1S/C22H28ClN3O2/c1-14(2)16-8-6-7-9-17(16)22(12-26(13-22)15(3)4)21(27)25-18-11-24-20(23)10-19(18)28-5/h6-11,14-15H,12-13H2,1-5H3,(H,25,27). The highest BCUT2D eigenvalue weighted by Crippen LogP contribution is 2.41. The van der Waals surface area contributed by atoms with Gasteiger partial charge in [-0.15, -0.1) is 0 Å². The highest BCUT2D eigenvalue weighted by Gasteiger charge is 2.52. The number of hydrogen-bond donors (Lipinski definition) is 1. The molecule has 1 N–H and O–H groups in total. The molecule has 1 aromatic heterocycles. The number of nitrogens with zero attached hydrogens (tertiary/aromatic N) is 2.